The smallest absolute Gasteiger partial charge is 0.195 e. The fourth-order valence-corrected chi connectivity index (χ4v) is 7.72. The molecule has 0 saturated carbocycles. The van der Waals surface area contributed by atoms with Gasteiger partial charge < -0.3 is 10.1 Å². The Morgan fingerprint density at radius 1 is 1.00 bits per heavy atom. The molecule has 2 heterocycles. The average molecular weight is 451 g/mol. The standard InChI is InChI=1S/C26H30N2O3S/c1-31-23-10-9-22-18-28(16-13-21(22)17-23)26(20-11-14-27-15-12-20)32(29,30)25-8-4-6-19-5-2-3-7-24(19)25/h2-10,17,20,26-27H,11-16,18H2,1H3. The molecule has 0 spiro atoms. The van der Waals surface area contributed by atoms with E-state index >= 15 is 0 Å². The molecule has 32 heavy (non-hydrogen) atoms. The Morgan fingerprint density at radius 3 is 2.59 bits per heavy atom. The van der Waals surface area contributed by atoms with Crippen molar-refractivity contribution in [2.75, 3.05) is 26.7 Å². The predicted octanol–water partition coefficient (Wildman–Crippen LogP) is 4.01. The molecule has 1 unspecified atom stereocenters. The third-order valence-electron chi connectivity index (χ3n) is 6.98. The van der Waals surface area contributed by atoms with Crippen LogP contribution in [0.15, 0.2) is 65.6 Å². The van der Waals surface area contributed by atoms with Gasteiger partial charge in [0.25, 0.3) is 0 Å². The fourth-order valence-electron chi connectivity index (χ4n) is 5.35. The van der Waals surface area contributed by atoms with E-state index in [0.717, 1.165) is 55.4 Å². The normalized spacial score (nSPS) is 18.9. The largest absolute Gasteiger partial charge is 0.497 e. The highest BCUT2D eigenvalue weighted by atomic mass is 32.2. The van der Waals surface area contributed by atoms with E-state index in [1.807, 2.05) is 42.5 Å². The van der Waals surface area contributed by atoms with Crippen molar-refractivity contribution in [2.45, 2.75) is 36.1 Å². The number of nitrogens with zero attached hydrogens (tertiary/aromatic N) is 1. The van der Waals surface area contributed by atoms with E-state index in [4.69, 9.17) is 4.74 Å². The first-order valence-corrected chi connectivity index (χ1v) is 12.9. The van der Waals surface area contributed by atoms with Gasteiger partial charge in [-0.3, -0.25) is 4.90 Å². The van der Waals surface area contributed by atoms with Crippen LogP contribution in [0.25, 0.3) is 10.8 Å². The van der Waals surface area contributed by atoms with Crippen molar-refractivity contribution in [2.24, 2.45) is 5.92 Å². The number of fused-ring (bicyclic) bond motifs is 2. The van der Waals surface area contributed by atoms with Gasteiger partial charge in [0.15, 0.2) is 9.84 Å². The van der Waals surface area contributed by atoms with Crippen molar-refractivity contribution in [3.8, 4) is 5.75 Å². The van der Waals surface area contributed by atoms with Gasteiger partial charge in [0, 0.05) is 18.5 Å². The Kier molecular flexibility index (Phi) is 5.93. The summed E-state index contributed by atoms with van der Waals surface area (Å²) in [5.74, 6) is 0.968. The quantitative estimate of drug-likeness (QED) is 0.637. The lowest BCUT2D eigenvalue weighted by Crippen LogP contribution is -2.50. The summed E-state index contributed by atoms with van der Waals surface area (Å²) in [7, 11) is -1.89. The van der Waals surface area contributed by atoms with Crippen LogP contribution in [0.5, 0.6) is 5.75 Å². The average Bonchev–Trinajstić information content (AvgIpc) is 2.84. The molecule has 1 saturated heterocycles. The van der Waals surface area contributed by atoms with Gasteiger partial charge in [0.2, 0.25) is 0 Å². The van der Waals surface area contributed by atoms with Crippen molar-refractivity contribution < 1.29 is 13.2 Å². The molecule has 1 atom stereocenters. The maximum atomic E-state index is 14.3. The van der Waals surface area contributed by atoms with E-state index in [1.165, 1.54) is 11.1 Å². The number of methoxy groups -OCH3 is 1. The van der Waals surface area contributed by atoms with Crippen LogP contribution >= 0.6 is 0 Å². The van der Waals surface area contributed by atoms with E-state index < -0.39 is 15.2 Å². The summed E-state index contributed by atoms with van der Waals surface area (Å²) >= 11 is 0. The van der Waals surface area contributed by atoms with Gasteiger partial charge in [-0.1, -0.05) is 42.5 Å². The Hall–Kier alpha value is -2.41. The van der Waals surface area contributed by atoms with Gasteiger partial charge in [-0.05, 0) is 73.0 Å². The molecule has 5 nitrogen and oxygen atoms in total. The van der Waals surface area contributed by atoms with Gasteiger partial charge in [-0.15, -0.1) is 0 Å². The number of sulfone groups is 1. The van der Waals surface area contributed by atoms with Crippen LogP contribution in [0, 0.1) is 5.92 Å². The van der Waals surface area contributed by atoms with Crippen LogP contribution < -0.4 is 10.1 Å². The third-order valence-corrected chi connectivity index (χ3v) is 9.26. The lowest BCUT2D eigenvalue weighted by atomic mass is 9.94. The molecule has 168 valence electrons. The minimum absolute atomic E-state index is 0.111. The molecule has 0 aromatic heterocycles. The van der Waals surface area contributed by atoms with Gasteiger partial charge in [-0.2, -0.15) is 0 Å². The van der Waals surface area contributed by atoms with E-state index in [2.05, 4.69) is 22.3 Å². The molecule has 6 heteroatoms. The van der Waals surface area contributed by atoms with E-state index in [9.17, 15) is 8.42 Å². The number of hydrogen-bond acceptors (Lipinski definition) is 5. The molecule has 0 amide bonds. The van der Waals surface area contributed by atoms with Crippen molar-refractivity contribution in [1.82, 2.24) is 10.2 Å². The summed E-state index contributed by atoms with van der Waals surface area (Å²) in [6.45, 7) is 3.12. The molecule has 5 rings (SSSR count). The van der Waals surface area contributed by atoms with Crippen LogP contribution in [0.1, 0.15) is 24.0 Å². The second kappa shape index (κ2) is 8.85. The van der Waals surface area contributed by atoms with E-state index in [-0.39, 0.29) is 5.92 Å². The third kappa shape index (κ3) is 3.91. The second-order valence-corrected chi connectivity index (χ2v) is 10.9. The monoisotopic (exact) mass is 450 g/mol. The molecule has 3 aromatic rings. The predicted molar refractivity (Wildman–Crippen MR) is 128 cm³/mol. The Labute approximate surface area is 190 Å². The lowest BCUT2D eigenvalue weighted by Gasteiger charge is -2.40. The van der Waals surface area contributed by atoms with Crippen LogP contribution in [-0.2, 0) is 22.8 Å². The molecule has 0 radical (unpaired) electrons. The number of benzene rings is 3. The van der Waals surface area contributed by atoms with Crippen molar-refractivity contribution in [3.63, 3.8) is 0 Å². The molecule has 0 bridgehead atoms. The first kappa shape index (κ1) is 21.4. The molecular formula is C26H30N2O3S. The van der Waals surface area contributed by atoms with Crippen molar-refractivity contribution >= 4 is 20.6 Å². The highest BCUT2D eigenvalue weighted by Gasteiger charge is 2.41. The molecule has 0 aliphatic carbocycles. The van der Waals surface area contributed by atoms with Crippen molar-refractivity contribution in [3.05, 3.63) is 71.8 Å². The minimum Gasteiger partial charge on any atom is -0.497 e. The molecular weight excluding hydrogens is 420 g/mol. The summed E-state index contributed by atoms with van der Waals surface area (Å²) in [4.78, 5) is 2.67. The number of hydrogen-bond donors (Lipinski definition) is 1. The zero-order chi connectivity index (χ0) is 22.1. The number of rotatable bonds is 5. The maximum absolute atomic E-state index is 14.3. The van der Waals surface area contributed by atoms with E-state index in [1.54, 1.807) is 13.2 Å². The highest BCUT2D eigenvalue weighted by Crippen LogP contribution is 2.36. The van der Waals surface area contributed by atoms with E-state index in [0.29, 0.717) is 11.4 Å². The first-order chi connectivity index (χ1) is 15.6. The minimum atomic E-state index is -3.57. The summed E-state index contributed by atoms with van der Waals surface area (Å²) in [5, 5.41) is 4.65. The SMILES string of the molecule is COc1ccc2c(c1)CCN(C(C1CCNCC1)S(=O)(=O)c1cccc3ccccc13)C2. The summed E-state index contributed by atoms with van der Waals surface area (Å²) in [5.41, 5.74) is 2.45. The lowest BCUT2D eigenvalue weighted by molar-refractivity contribution is 0.159. The molecule has 1 fully saturated rings. The molecule has 3 aromatic carbocycles. The summed E-state index contributed by atoms with van der Waals surface area (Å²) in [6, 6.07) is 19.6. The topological polar surface area (TPSA) is 58.6 Å². The van der Waals surface area contributed by atoms with Gasteiger partial charge >= 0.3 is 0 Å². The number of piperidine rings is 1. The molecule has 1 N–H and O–H groups in total. The molecule has 2 aliphatic rings. The van der Waals surface area contributed by atoms with Crippen LogP contribution in [0.4, 0.5) is 0 Å². The van der Waals surface area contributed by atoms with Gasteiger partial charge in [0.05, 0.1) is 12.0 Å². The van der Waals surface area contributed by atoms with Crippen LogP contribution in [0.3, 0.4) is 0 Å². The summed E-state index contributed by atoms with van der Waals surface area (Å²) < 4.78 is 33.9. The van der Waals surface area contributed by atoms with Crippen molar-refractivity contribution in [1.29, 1.82) is 0 Å². The Balaban J connectivity index is 1.56. The fraction of sp³-hybridized carbons (Fsp3) is 0.385. The zero-order valence-electron chi connectivity index (χ0n) is 18.5. The van der Waals surface area contributed by atoms with Gasteiger partial charge in [0.1, 0.15) is 11.1 Å². The Morgan fingerprint density at radius 2 is 1.78 bits per heavy atom. The summed E-state index contributed by atoms with van der Waals surface area (Å²) in [6.07, 6.45) is 2.58. The molecule has 2 aliphatic heterocycles. The second-order valence-electron chi connectivity index (χ2n) is 8.86. The van der Waals surface area contributed by atoms with Crippen LogP contribution in [0.2, 0.25) is 0 Å². The number of ether oxygens (including phenoxy) is 1. The van der Waals surface area contributed by atoms with Crippen LogP contribution in [-0.4, -0.2) is 45.4 Å². The Bertz CT molecular complexity index is 1210. The zero-order valence-corrected chi connectivity index (χ0v) is 19.3. The number of nitrogens with one attached hydrogen (secondary N) is 1. The first-order valence-electron chi connectivity index (χ1n) is 11.4. The maximum Gasteiger partial charge on any atom is 0.195 e. The highest BCUT2D eigenvalue weighted by molar-refractivity contribution is 7.92. The van der Waals surface area contributed by atoms with Gasteiger partial charge in [-0.25, -0.2) is 8.42 Å².